The average Bonchev–Trinajstić information content (AvgIpc) is 2.51. The summed E-state index contributed by atoms with van der Waals surface area (Å²) >= 11 is 0. The highest BCUT2D eigenvalue weighted by Gasteiger charge is 2.38. The smallest absolute Gasteiger partial charge is 0.289 e. The van der Waals surface area contributed by atoms with Crippen LogP contribution in [-0.2, 0) is 12.4 Å². The Bertz CT molecular complexity index is 757. The summed E-state index contributed by atoms with van der Waals surface area (Å²) in [6.07, 6.45) is -7.72. The van der Waals surface area contributed by atoms with E-state index in [2.05, 4.69) is 0 Å². The van der Waals surface area contributed by atoms with E-state index in [9.17, 15) is 31.1 Å². The van der Waals surface area contributed by atoms with Crippen molar-refractivity contribution in [3.05, 3.63) is 76.9 Å². The van der Waals surface area contributed by atoms with Gasteiger partial charge in [-0.15, -0.1) is 0 Å². The lowest BCUT2D eigenvalue weighted by atomic mass is 9.99. The molecular formula is C17H10F6O. The van der Waals surface area contributed by atoms with Crippen molar-refractivity contribution in [2.75, 3.05) is 0 Å². The highest BCUT2D eigenvalue weighted by Crippen LogP contribution is 2.36. The highest BCUT2D eigenvalue weighted by molar-refractivity contribution is 6.08. The molecule has 1 nitrogen and oxygen atoms in total. The lowest BCUT2D eigenvalue weighted by Crippen LogP contribution is -2.15. The van der Waals surface area contributed by atoms with Crippen LogP contribution in [0.4, 0.5) is 26.3 Å². The molecule has 7 heteroatoms. The van der Waals surface area contributed by atoms with Crippen molar-refractivity contribution >= 4 is 11.9 Å². The molecule has 2 aromatic carbocycles. The van der Waals surface area contributed by atoms with Crippen LogP contribution < -0.4 is 0 Å². The van der Waals surface area contributed by atoms with Gasteiger partial charge in [0.1, 0.15) is 0 Å². The van der Waals surface area contributed by atoms with Gasteiger partial charge in [0, 0.05) is 5.56 Å². The summed E-state index contributed by atoms with van der Waals surface area (Å²) in [5.74, 6) is -1.16. The Morgan fingerprint density at radius 3 is 2.00 bits per heavy atom. The Labute approximate surface area is 133 Å². The zero-order chi connectivity index (χ0) is 18.0. The molecule has 0 spiro atoms. The Hall–Kier alpha value is -2.57. The molecule has 2 rings (SSSR count). The molecule has 0 aliphatic heterocycles. The topological polar surface area (TPSA) is 17.1 Å². The summed E-state index contributed by atoms with van der Waals surface area (Å²) < 4.78 is 76.9. The van der Waals surface area contributed by atoms with E-state index in [1.807, 2.05) is 0 Å². The zero-order valence-electron chi connectivity index (χ0n) is 11.9. The van der Waals surface area contributed by atoms with Gasteiger partial charge in [-0.1, -0.05) is 36.4 Å². The van der Waals surface area contributed by atoms with Gasteiger partial charge in [0.2, 0.25) is 0 Å². The second-order valence-corrected chi connectivity index (χ2v) is 4.86. The third kappa shape index (κ3) is 4.24. The predicted molar refractivity (Wildman–Crippen MR) is 76.3 cm³/mol. The summed E-state index contributed by atoms with van der Waals surface area (Å²) in [5.41, 5.74) is -3.22. The zero-order valence-corrected chi connectivity index (χ0v) is 11.9. The Morgan fingerprint density at radius 2 is 1.46 bits per heavy atom. The molecule has 0 saturated heterocycles. The first kappa shape index (κ1) is 17.8. The second-order valence-electron chi connectivity index (χ2n) is 4.86. The van der Waals surface area contributed by atoms with Crippen LogP contribution in [0.2, 0.25) is 0 Å². The van der Waals surface area contributed by atoms with Crippen molar-refractivity contribution in [1.82, 2.24) is 0 Å². The first-order chi connectivity index (χ1) is 11.1. The summed E-state index contributed by atoms with van der Waals surface area (Å²) in [5, 5.41) is 0. The van der Waals surface area contributed by atoms with Gasteiger partial charge in [-0.05, 0) is 29.8 Å². The third-order valence-corrected chi connectivity index (χ3v) is 3.14. The molecule has 0 aliphatic carbocycles. The van der Waals surface area contributed by atoms with Gasteiger partial charge in [0.05, 0.1) is 11.1 Å². The van der Waals surface area contributed by atoms with E-state index < -0.39 is 34.8 Å². The molecule has 2 aromatic rings. The molecule has 0 radical (unpaired) electrons. The summed E-state index contributed by atoms with van der Waals surface area (Å²) in [4.78, 5) is 12.0. The predicted octanol–water partition coefficient (Wildman–Crippen LogP) is 5.62. The van der Waals surface area contributed by atoms with Gasteiger partial charge < -0.3 is 0 Å². The standard InChI is InChI=1S/C17H10F6O/c18-16(19,20)12-7-8-14(17(21,22)23)13(10-12)15(24)9-6-11-4-2-1-3-5-11/h1-10H. The molecule has 0 amide bonds. The fraction of sp³-hybridized carbons (Fsp3) is 0.118. The number of benzene rings is 2. The van der Waals surface area contributed by atoms with Crippen LogP contribution in [-0.4, -0.2) is 5.78 Å². The Morgan fingerprint density at radius 1 is 0.833 bits per heavy atom. The molecule has 0 bridgehead atoms. The molecule has 0 N–H and O–H groups in total. The summed E-state index contributed by atoms with van der Waals surface area (Å²) in [6.45, 7) is 0. The minimum Gasteiger partial charge on any atom is -0.289 e. The number of allylic oxidation sites excluding steroid dienone is 1. The molecule has 24 heavy (non-hydrogen) atoms. The van der Waals surface area contributed by atoms with E-state index in [1.54, 1.807) is 30.3 Å². The normalized spacial score (nSPS) is 12.6. The van der Waals surface area contributed by atoms with Crippen LogP contribution in [0.25, 0.3) is 6.08 Å². The highest BCUT2D eigenvalue weighted by atomic mass is 19.4. The molecule has 0 heterocycles. The lowest BCUT2D eigenvalue weighted by Gasteiger charge is -2.14. The molecule has 0 aliphatic rings. The molecule has 0 unspecified atom stereocenters. The van der Waals surface area contributed by atoms with Crippen molar-refractivity contribution in [3.63, 3.8) is 0 Å². The van der Waals surface area contributed by atoms with Gasteiger partial charge in [-0.25, -0.2) is 0 Å². The van der Waals surface area contributed by atoms with Crippen LogP contribution >= 0.6 is 0 Å². The van der Waals surface area contributed by atoms with Gasteiger partial charge in [-0.2, -0.15) is 26.3 Å². The fourth-order valence-electron chi connectivity index (χ4n) is 2.00. The van der Waals surface area contributed by atoms with Gasteiger partial charge in [0.15, 0.2) is 5.78 Å². The van der Waals surface area contributed by atoms with Crippen molar-refractivity contribution < 1.29 is 31.1 Å². The maximum absolute atomic E-state index is 12.9. The number of ketones is 1. The van der Waals surface area contributed by atoms with Crippen LogP contribution in [0.5, 0.6) is 0 Å². The number of carbonyl (C=O) groups excluding carboxylic acids is 1. The molecule has 0 fully saturated rings. The van der Waals surface area contributed by atoms with Crippen LogP contribution in [0.15, 0.2) is 54.6 Å². The SMILES string of the molecule is O=C(C=Cc1ccccc1)c1cc(C(F)(F)F)ccc1C(F)(F)F. The van der Waals surface area contributed by atoms with E-state index in [0.717, 1.165) is 6.08 Å². The molecule has 0 saturated carbocycles. The number of hydrogen-bond acceptors (Lipinski definition) is 1. The summed E-state index contributed by atoms with van der Waals surface area (Å²) in [6, 6.07) is 8.99. The first-order valence-corrected chi connectivity index (χ1v) is 6.65. The Kier molecular flexibility index (Phi) is 4.82. The maximum atomic E-state index is 12.9. The maximum Gasteiger partial charge on any atom is 0.417 e. The third-order valence-electron chi connectivity index (χ3n) is 3.14. The number of rotatable bonds is 3. The number of carbonyl (C=O) groups is 1. The van der Waals surface area contributed by atoms with E-state index in [0.29, 0.717) is 11.6 Å². The molecule has 0 atom stereocenters. The number of alkyl halides is 6. The van der Waals surface area contributed by atoms with Gasteiger partial charge in [0.25, 0.3) is 0 Å². The quantitative estimate of drug-likeness (QED) is 0.401. The van der Waals surface area contributed by atoms with E-state index in [4.69, 9.17) is 0 Å². The molecule has 0 aromatic heterocycles. The van der Waals surface area contributed by atoms with Crippen LogP contribution in [0.3, 0.4) is 0 Å². The van der Waals surface area contributed by atoms with Crippen molar-refractivity contribution in [2.45, 2.75) is 12.4 Å². The number of hydrogen-bond donors (Lipinski definition) is 0. The number of halogens is 6. The van der Waals surface area contributed by atoms with Gasteiger partial charge in [-0.3, -0.25) is 4.79 Å². The Balaban J connectivity index is 2.45. The largest absolute Gasteiger partial charge is 0.417 e. The van der Waals surface area contributed by atoms with Crippen LogP contribution in [0.1, 0.15) is 27.0 Å². The fourth-order valence-corrected chi connectivity index (χ4v) is 2.00. The van der Waals surface area contributed by atoms with Crippen molar-refractivity contribution in [3.8, 4) is 0 Å². The van der Waals surface area contributed by atoms with E-state index in [-0.39, 0.29) is 12.1 Å². The first-order valence-electron chi connectivity index (χ1n) is 6.65. The lowest BCUT2D eigenvalue weighted by molar-refractivity contribution is -0.141. The van der Waals surface area contributed by atoms with Crippen molar-refractivity contribution in [1.29, 1.82) is 0 Å². The monoisotopic (exact) mass is 344 g/mol. The summed E-state index contributed by atoms with van der Waals surface area (Å²) in [7, 11) is 0. The molecular weight excluding hydrogens is 334 g/mol. The second kappa shape index (κ2) is 6.51. The molecule has 126 valence electrons. The minimum atomic E-state index is -4.93. The van der Waals surface area contributed by atoms with Crippen LogP contribution in [0, 0.1) is 0 Å². The minimum absolute atomic E-state index is 0.223. The van der Waals surface area contributed by atoms with E-state index in [1.165, 1.54) is 6.08 Å². The average molecular weight is 344 g/mol. The van der Waals surface area contributed by atoms with E-state index >= 15 is 0 Å². The van der Waals surface area contributed by atoms with Gasteiger partial charge >= 0.3 is 12.4 Å². The van der Waals surface area contributed by atoms with Crippen molar-refractivity contribution in [2.24, 2.45) is 0 Å².